The Morgan fingerprint density at radius 2 is 2.14 bits per heavy atom. The SMILES string of the molecule is C[C@H](Nc1cncc(Cl)c1)C(=O)N1[C@H]2CC[C@@H]([C@@H]1C(=O)N[C@H](C#N)C[C@@H]1CCCNC1=O)C(F)(F)C2. The van der Waals surface area contributed by atoms with Crippen molar-refractivity contribution in [1.29, 1.82) is 5.26 Å². The molecule has 1 aromatic heterocycles. The standard InChI is InChI=1S/C24H29ClF2N6O3/c1-13(31-17-8-15(25)11-29-12-17)23(36)33-18-4-5-19(24(26,27)9-18)20(33)22(35)32-16(10-28)7-14-3-2-6-30-21(14)34/h8,11-14,16,18-20,31H,2-7,9H2,1H3,(H,30,34)(H,32,35)/t13-,14-,16-,18-,19-,20+/m0/s1. The smallest absolute Gasteiger partial charge is 0.255 e. The van der Waals surface area contributed by atoms with Crippen molar-refractivity contribution in [2.75, 3.05) is 11.9 Å². The van der Waals surface area contributed by atoms with Gasteiger partial charge in [0.1, 0.15) is 18.1 Å². The lowest BCUT2D eigenvalue weighted by atomic mass is 9.71. The van der Waals surface area contributed by atoms with E-state index in [-0.39, 0.29) is 18.7 Å². The molecule has 4 fully saturated rings. The average Bonchev–Trinajstić information content (AvgIpc) is 2.83. The number of piperidine rings is 3. The van der Waals surface area contributed by atoms with E-state index < -0.39 is 60.2 Å². The molecule has 1 aliphatic carbocycles. The number of alkyl halides is 2. The quantitative estimate of drug-likeness (QED) is 0.505. The molecule has 9 nitrogen and oxygen atoms in total. The Bertz CT molecular complexity index is 1070. The van der Waals surface area contributed by atoms with Crippen LogP contribution in [0.25, 0.3) is 0 Å². The molecule has 0 spiro atoms. The van der Waals surface area contributed by atoms with Crippen molar-refractivity contribution in [3.05, 3.63) is 23.5 Å². The molecule has 194 valence electrons. The highest BCUT2D eigenvalue weighted by Gasteiger charge is 2.60. The fourth-order valence-electron chi connectivity index (χ4n) is 5.60. The van der Waals surface area contributed by atoms with E-state index in [1.165, 1.54) is 17.3 Å². The fraction of sp³-hybridized carbons (Fsp3) is 0.625. The van der Waals surface area contributed by atoms with Crippen LogP contribution in [0, 0.1) is 23.2 Å². The lowest BCUT2D eigenvalue weighted by molar-refractivity contribution is -0.194. The molecular weight excluding hydrogens is 494 g/mol. The van der Waals surface area contributed by atoms with E-state index in [1.807, 2.05) is 6.07 Å². The number of nitrogens with one attached hydrogen (secondary N) is 3. The minimum absolute atomic E-state index is 0.0823. The van der Waals surface area contributed by atoms with Gasteiger partial charge in [0.05, 0.1) is 28.9 Å². The van der Waals surface area contributed by atoms with Crippen molar-refractivity contribution in [2.45, 2.75) is 75.5 Å². The van der Waals surface area contributed by atoms with E-state index in [4.69, 9.17) is 11.6 Å². The maximum Gasteiger partial charge on any atom is 0.255 e. The van der Waals surface area contributed by atoms with Crippen molar-refractivity contribution in [3.8, 4) is 6.07 Å². The maximum absolute atomic E-state index is 14.9. The highest BCUT2D eigenvalue weighted by Crippen LogP contribution is 2.49. The van der Waals surface area contributed by atoms with Gasteiger partial charge in [0, 0.05) is 31.1 Å². The van der Waals surface area contributed by atoms with Crippen LogP contribution in [0.5, 0.6) is 0 Å². The summed E-state index contributed by atoms with van der Waals surface area (Å²) >= 11 is 5.96. The Labute approximate surface area is 212 Å². The first kappa shape index (κ1) is 26.1. The number of carbonyl (C=O) groups excluding carboxylic acids is 3. The summed E-state index contributed by atoms with van der Waals surface area (Å²) in [4.78, 5) is 44.2. The molecule has 3 N–H and O–H groups in total. The minimum Gasteiger partial charge on any atom is -0.373 e. The van der Waals surface area contributed by atoms with Crippen LogP contribution in [0.1, 0.15) is 45.4 Å². The zero-order valence-electron chi connectivity index (χ0n) is 19.8. The highest BCUT2D eigenvalue weighted by atomic mass is 35.5. The van der Waals surface area contributed by atoms with Crippen molar-refractivity contribution < 1.29 is 23.2 Å². The van der Waals surface area contributed by atoms with Gasteiger partial charge in [-0.05, 0) is 45.1 Å². The molecule has 3 amide bonds. The van der Waals surface area contributed by atoms with E-state index in [9.17, 15) is 28.4 Å². The summed E-state index contributed by atoms with van der Waals surface area (Å²) in [6, 6.07) is -0.547. The highest BCUT2D eigenvalue weighted by molar-refractivity contribution is 6.30. The molecule has 2 bridgehead atoms. The normalized spacial score (nSPS) is 28.4. The topological polar surface area (TPSA) is 127 Å². The van der Waals surface area contributed by atoms with Gasteiger partial charge in [0.2, 0.25) is 17.7 Å². The molecule has 5 rings (SSSR count). The number of amides is 3. The van der Waals surface area contributed by atoms with Crippen LogP contribution in [0.4, 0.5) is 14.5 Å². The van der Waals surface area contributed by atoms with Gasteiger partial charge in [-0.1, -0.05) is 11.6 Å². The number of halogens is 3. The largest absolute Gasteiger partial charge is 0.373 e. The Morgan fingerprint density at radius 1 is 1.36 bits per heavy atom. The predicted molar refractivity (Wildman–Crippen MR) is 127 cm³/mol. The van der Waals surface area contributed by atoms with Crippen molar-refractivity contribution in [1.82, 2.24) is 20.5 Å². The number of pyridine rings is 1. The first-order valence-electron chi connectivity index (χ1n) is 12.2. The van der Waals surface area contributed by atoms with Gasteiger partial charge in [-0.2, -0.15) is 5.26 Å². The van der Waals surface area contributed by atoms with E-state index in [0.29, 0.717) is 30.1 Å². The molecule has 3 saturated heterocycles. The number of fused-ring (bicyclic) bond motifs is 3. The molecular formula is C24H29ClF2N6O3. The molecule has 6 atom stereocenters. The van der Waals surface area contributed by atoms with E-state index in [1.54, 1.807) is 13.0 Å². The monoisotopic (exact) mass is 522 g/mol. The summed E-state index contributed by atoms with van der Waals surface area (Å²) in [6.07, 6.45) is 4.30. The van der Waals surface area contributed by atoms with Gasteiger partial charge in [-0.3, -0.25) is 19.4 Å². The molecule has 0 unspecified atom stereocenters. The summed E-state index contributed by atoms with van der Waals surface area (Å²) in [5.41, 5.74) is 0.479. The molecule has 3 aliphatic heterocycles. The van der Waals surface area contributed by atoms with E-state index >= 15 is 0 Å². The van der Waals surface area contributed by atoms with Crippen molar-refractivity contribution >= 4 is 35.0 Å². The average molecular weight is 523 g/mol. The second kappa shape index (κ2) is 10.5. The van der Waals surface area contributed by atoms with Crippen LogP contribution in [0.3, 0.4) is 0 Å². The number of hydrogen-bond donors (Lipinski definition) is 3. The second-order valence-electron chi connectivity index (χ2n) is 9.81. The zero-order valence-corrected chi connectivity index (χ0v) is 20.6. The zero-order chi connectivity index (χ0) is 26.0. The van der Waals surface area contributed by atoms with Gasteiger partial charge in [-0.25, -0.2) is 8.78 Å². The van der Waals surface area contributed by atoms with Crippen LogP contribution in [-0.2, 0) is 14.4 Å². The van der Waals surface area contributed by atoms with Crippen LogP contribution < -0.4 is 16.0 Å². The van der Waals surface area contributed by atoms with Crippen LogP contribution in [0.2, 0.25) is 5.02 Å². The third-order valence-corrected chi connectivity index (χ3v) is 7.52. The third-order valence-electron chi connectivity index (χ3n) is 7.31. The molecule has 1 saturated carbocycles. The Hall–Kier alpha value is -3.00. The molecule has 36 heavy (non-hydrogen) atoms. The number of aromatic nitrogens is 1. The lowest BCUT2D eigenvalue weighted by Gasteiger charge is -2.54. The molecule has 0 radical (unpaired) electrons. The minimum atomic E-state index is -3.11. The summed E-state index contributed by atoms with van der Waals surface area (Å²) in [7, 11) is 0. The fourth-order valence-corrected chi connectivity index (χ4v) is 5.77. The third kappa shape index (κ3) is 5.38. The summed E-state index contributed by atoms with van der Waals surface area (Å²) in [5.74, 6) is -6.39. The lowest BCUT2D eigenvalue weighted by Crippen LogP contribution is -2.70. The number of carbonyl (C=O) groups is 3. The van der Waals surface area contributed by atoms with Crippen LogP contribution >= 0.6 is 11.6 Å². The molecule has 0 aromatic carbocycles. The molecule has 12 heteroatoms. The van der Waals surface area contributed by atoms with Gasteiger partial charge in [0.25, 0.3) is 5.92 Å². The predicted octanol–water partition coefficient (Wildman–Crippen LogP) is 2.47. The first-order valence-corrected chi connectivity index (χ1v) is 12.5. The number of nitriles is 1. The number of hydrogen-bond acceptors (Lipinski definition) is 6. The second-order valence-corrected chi connectivity index (χ2v) is 10.2. The van der Waals surface area contributed by atoms with Gasteiger partial charge in [0.15, 0.2) is 0 Å². The van der Waals surface area contributed by atoms with Crippen LogP contribution in [0.15, 0.2) is 18.5 Å². The number of nitrogens with zero attached hydrogens (tertiary/aromatic N) is 3. The van der Waals surface area contributed by atoms with Crippen LogP contribution in [-0.4, -0.2) is 64.2 Å². The Balaban J connectivity index is 1.52. The van der Waals surface area contributed by atoms with Gasteiger partial charge < -0.3 is 20.9 Å². The molecule has 4 heterocycles. The summed E-state index contributed by atoms with van der Waals surface area (Å²) in [6.45, 7) is 2.14. The Kier molecular flexibility index (Phi) is 7.64. The van der Waals surface area contributed by atoms with Gasteiger partial charge in [-0.15, -0.1) is 0 Å². The van der Waals surface area contributed by atoms with Crippen molar-refractivity contribution in [2.24, 2.45) is 11.8 Å². The number of rotatable bonds is 7. The van der Waals surface area contributed by atoms with Gasteiger partial charge >= 0.3 is 0 Å². The number of anilines is 1. The van der Waals surface area contributed by atoms with E-state index in [2.05, 4.69) is 20.9 Å². The van der Waals surface area contributed by atoms with E-state index in [0.717, 1.165) is 6.42 Å². The van der Waals surface area contributed by atoms with Crippen molar-refractivity contribution in [3.63, 3.8) is 0 Å². The molecule has 1 aromatic rings. The molecule has 4 aliphatic rings. The first-order chi connectivity index (χ1) is 17.1. The Morgan fingerprint density at radius 3 is 2.81 bits per heavy atom. The maximum atomic E-state index is 14.9. The summed E-state index contributed by atoms with van der Waals surface area (Å²) < 4.78 is 29.8. The summed E-state index contributed by atoms with van der Waals surface area (Å²) in [5, 5.41) is 18.3.